The Morgan fingerprint density at radius 2 is 1.69 bits per heavy atom. The van der Waals surface area contributed by atoms with Crippen molar-refractivity contribution in [3.05, 3.63) is 71.3 Å². The summed E-state index contributed by atoms with van der Waals surface area (Å²) in [5.41, 5.74) is 2.94. The number of carbonyl (C=O) groups excluding carboxylic acids is 1. The van der Waals surface area contributed by atoms with E-state index < -0.39 is 19.9 Å². The summed E-state index contributed by atoms with van der Waals surface area (Å²) in [5.74, 6) is 1.19. The number of benzene rings is 1. The topological polar surface area (TPSA) is 57.0 Å². The lowest BCUT2D eigenvalue weighted by Gasteiger charge is -2.28. The van der Waals surface area contributed by atoms with E-state index in [-0.39, 0.29) is 18.3 Å². The van der Waals surface area contributed by atoms with Crippen LogP contribution in [0.2, 0.25) is 25.7 Å². The van der Waals surface area contributed by atoms with Gasteiger partial charge in [0, 0.05) is 50.7 Å². The molecule has 1 aliphatic carbocycles. The number of hydrogen-bond acceptors (Lipinski definition) is 4. The highest BCUT2D eigenvalue weighted by Crippen LogP contribution is 2.40. The second-order valence-corrected chi connectivity index (χ2v) is 17.5. The highest BCUT2D eigenvalue weighted by molar-refractivity contribution is 6.76. The van der Waals surface area contributed by atoms with E-state index in [2.05, 4.69) is 53.9 Å². The van der Waals surface area contributed by atoms with E-state index in [0.29, 0.717) is 30.4 Å². The Labute approximate surface area is 229 Å². The van der Waals surface area contributed by atoms with Crippen molar-refractivity contribution in [3.8, 4) is 11.4 Å². The fraction of sp³-hybridized carbons (Fsp3) is 0.500. The summed E-state index contributed by atoms with van der Waals surface area (Å²) in [5, 5.41) is 0. The predicted octanol–water partition coefficient (Wildman–Crippen LogP) is 7.85. The number of aromatic nitrogens is 3. The number of nitrogens with zero attached hydrogens (tertiary/aromatic N) is 3. The second kappa shape index (κ2) is 12.2. The van der Waals surface area contributed by atoms with Crippen LogP contribution >= 0.6 is 0 Å². The van der Waals surface area contributed by atoms with Crippen LogP contribution in [0.1, 0.15) is 67.0 Å². The lowest BCUT2D eigenvalue weighted by Crippen LogP contribution is -2.22. The Hall–Kier alpha value is -2.78. The molecule has 0 bridgehead atoms. The predicted molar refractivity (Wildman–Crippen MR) is 149 cm³/mol. The number of carbonyl (C=O) groups is 1. The Balaban J connectivity index is 1.40. The highest BCUT2D eigenvalue weighted by Gasteiger charge is 2.35. The molecule has 0 amide bonds. The van der Waals surface area contributed by atoms with Crippen LogP contribution in [0.5, 0.6) is 0 Å². The quantitative estimate of drug-likeness (QED) is 0.188. The van der Waals surface area contributed by atoms with E-state index in [0.717, 1.165) is 49.2 Å². The van der Waals surface area contributed by atoms with E-state index >= 15 is 0 Å². The third kappa shape index (κ3) is 8.11. The first-order valence-electron chi connectivity index (χ1n) is 13.7. The van der Waals surface area contributed by atoms with Crippen LogP contribution in [0.15, 0.2) is 48.8 Å². The fourth-order valence-electron chi connectivity index (χ4n) is 5.12. The Bertz CT molecular complexity index is 1240. The zero-order valence-electron chi connectivity index (χ0n) is 23.2. The molecule has 0 aliphatic heterocycles. The molecule has 9 heteroatoms. The molecule has 1 aromatic carbocycles. The van der Waals surface area contributed by atoms with Gasteiger partial charge in [0.05, 0.1) is 0 Å². The lowest BCUT2D eigenvalue weighted by molar-refractivity contribution is -0.141. The summed E-state index contributed by atoms with van der Waals surface area (Å²) >= 11 is 0. The maximum atomic E-state index is 13.4. The van der Waals surface area contributed by atoms with Crippen molar-refractivity contribution in [2.75, 3.05) is 6.61 Å². The number of pyridine rings is 1. The number of rotatable bonds is 10. The molecule has 4 rings (SSSR count). The van der Waals surface area contributed by atoms with Crippen LogP contribution in [0.25, 0.3) is 11.4 Å². The number of ether oxygens (including phenoxy) is 1. The van der Waals surface area contributed by atoms with Gasteiger partial charge in [0.15, 0.2) is 5.69 Å². The van der Waals surface area contributed by atoms with Gasteiger partial charge in [-0.25, -0.2) is 4.98 Å². The Kier molecular flexibility index (Phi) is 9.11. The zero-order valence-corrected chi connectivity index (χ0v) is 24.2. The number of halogens is 3. The smallest absolute Gasteiger partial charge is 0.361 e. The summed E-state index contributed by atoms with van der Waals surface area (Å²) in [6.07, 6.45) is 2.70. The maximum Gasteiger partial charge on any atom is 0.434 e. The molecular formula is C30H38F3N3O2Si. The SMILES string of the molecule is CC(=O)Cc1ccc(C2CCC(c3ccc(-c4nc(C(F)(F)F)cn4COCC[Si](C)(C)C)cn3)CC2)cc1. The second-order valence-electron chi connectivity index (χ2n) is 11.9. The summed E-state index contributed by atoms with van der Waals surface area (Å²) in [7, 11) is -1.30. The first kappa shape index (κ1) is 29.2. The molecule has 1 saturated carbocycles. The van der Waals surface area contributed by atoms with Gasteiger partial charge in [0.25, 0.3) is 0 Å². The normalized spacial score (nSPS) is 18.3. The van der Waals surface area contributed by atoms with Gasteiger partial charge in [-0.3, -0.25) is 9.78 Å². The molecule has 0 N–H and O–H groups in total. The number of imidazole rings is 1. The van der Waals surface area contributed by atoms with E-state index in [1.165, 1.54) is 10.1 Å². The van der Waals surface area contributed by atoms with Gasteiger partial charge in [0.1, 0.15) is 18.3 Å². The molecule has 5 nitrogen and oxygen atoms in total. The number of hydrogen-bond donors (Lipinski definition) is 0. The molecule has 1 fully saturated rings. The van der Waals surface area contributed by atoms with Crippen molar-refractivity contribution in [1.82, 2.24) is 14.5 Å². The zero-order chi connectivity index (χ0) is 28.2. The van der Waals surface area contributed by atoms with E-state index in [4.69, 9.17) is 4.74 Å². The summed E-state index contributed by atoms with van der Waals surface area (Å²) in [6.45, 7) is 8.83. The number of alkyl halides is 3. The summed E-state index contributed by atoms with van der Waals surface area (Å²) < 4.78 is 47.5. The minimum atomic E-state index is -4.53. The van der Waals surface area contributed by atoms with E-state index in [1.807, 2.05) is 12.1 Å². The molecule has 0 atom stereocenters. The van der Waals surface area contributed by atoms with Gasteiger partial charge < -0.3 is 9.30 Å². The summed E-state index contributed by atoms with van der Waals surface area (Å²) in [4.78, 5) is 19.9. The first-order chi connectivity index (χ1) is 18.4. The minimum Gasteiger partial charge on any atom is -0.361 e. The maximum absolute atomic E-state index is 13.4. The molecular weight excluding hydrogens is 519 g/mol. The van der Waals surface area contributed by atoms with Gasteiger partial charge in [-0.2, -0.15) is 13.2 Å². The van der Waals surface area contributed by atoms with Crippen molar-refractivity contribution < 1.29 is 22.7 Å². The Morgan fingerprint density at radius 1 is 1.03 bits per heavy atom. The molecule has 0 spiro atoms. The molecule has 210 valence electrons. The molecule has 0 radical (unpaired) electrons. The van der Waals surface area contributed by atoms with Crippen LogP contribution < -0.4 is 0 Å². The van der Waals surface area contributed by atoms with Crippen molar-refractivity contribution in [2.45, 2.75) is 89.5 Å². The van der Waals surface area contributed by atoms with Gasteiger partial charge >= 0.3 is 6.18 Å². The van der Waals surface area contributed by atoms with E-state index in [1.54, 1.807) is 13.1 Å². The van der Waals surface area contributed by atoms with E-state index in [9.17, 15) is 18.0 Å². The standard InChI is InChI=1S/C30H38F3N3O2Si/c1-21(37)17-22-5-7-23(8-6-22)24-9-11-25(12-10-24)27-14-13-26(18-34-27)29-35-28(30(31,32)33)19-36(29)20-38-15-16-39(2,3)4/h5-8,13-14,18-19,24-25H,9-12,15-17,20H2,1-4H3. The molecule has 2 heterocycles. The molecule has 0 saturated heterocycles. The summed E-state index contributed by atoms with van der Waals surface area (Å²) in [6, 6.07) is 13.1. The van der Waals surface area contributed by atoms with Gasteiger partial charge in [-0.05, 0) is 67.8 Å². The van der Waals surface area contributed by atoms with Crippen LogP contribution in [0.3, 0.4) is 0 Å². The van der Waals surface area contributed by atoms with Crippen LogP contribution in [0.4, 0.5) is 13.2 Å². The largest absolute Gasteiger partial charge is 0.434 e. The van der Waals surface area contributed by atoms with Crippen LogP contribution in [0, 0.1) is 0 Å². The number of ketones is 1. The van der Waals surface area contributed by atoms with Crippen molar-refractivity contribution in [2.24, 2.45) is 0 Å². The van der Waals surface area contributed by atoms with Crippen LogP contribution in [-0.4, -0.2) is 35.0 Å². The first-order valence-corrected chi connectivity index (χ1v) is 17.4. The van der Waals surface area contributed by atoms with Crippen LogP contribution in [-0.2, 0) is 28.9 Å². The lowest BCUT2D eigenvalue weighted by atomic mass is 9.77. The van der Waals surface area contributed by atoms with Crippen molar-refractivity contribution >= 4 is 13.9 Å². The van der Waals surface area contributed by atoms with Crippen molar-refractivity contribution in [3.63, 3.8) is 0 Å². The average molecular weight is 558 g/mol. The third-order valence-electron chi connectivity index (χ3n) is 7.39. The highest BCUT2D eigenvalue weighted by atomic mass is 28.3. The number of Topliss-reactive ketones (excluding diaryl/α,β-unsaturated/α-hetero) is 1. The molecule has 39 heavy (non-hydrogen) atoms. The minimum absolute atomic E-state index is 0.0182. The average Bonchev–Trinajstić information content (AvgIpc) is 3.31. The molecule has 2 aromatic heterocycles. The fourth-order valence-corrected chi connectivity index (χ4v) is 5.88. The third-order valence-corrected chi connectivity index (χ3v) is 9.09. The Morgan fingerprint density at radius 3 is 2.26 bits per heavy atom. The van der Waals surface area contributed by atoms with Gasteiger partial charge in [-0.15, -0.1) is 0 Å². The molecule has 3 aromatic rings. The van der Waals surface area contributed by atoms with Gasteiger partial charge in [0.2, 0.25) is 0 Å². The monoisotopic (exact) mass is 557 g/mol. The van der Waals surface area contributed by atoms with Crippen molar-refractivity contribution in [1.29, 1.82) is 0 Å². The van der Waals surface area contributed by atoms with Gasteiger partial charge in [-0.1, -0.05) is 43.9 Å². The molecule has 1 aliphatic rings. The molecule has 0 unspecified atom stereocenters.